The molecule has 1 saturated carbocycles. The number of primary sulfonamides is 1. The first-order chi connectivity index (χ1) is 8.29. The number of hydrogen-bond donors (Lipinski definition) is 2. The molecule has 6 heteroatoms. The smallest absolute Gasteiger partial charge is 0.238 e. The summed E-state index contributed by atoms with van der Waals surface area (Å²) in [4.78, 5) is 11.8. The first kappa shape index (κ1) is 13.0. The molecule has 2 unspecified atom stereocenters. The van der Waals surface area contributed by atoms with E-state index in [0.29, 0.717) is 17.2 Å². The summed E-state index contributed by atoms with van der Waals surface area (Å²) in [6.45, 7) is 3.68. The minimum Gasteiger partial charge on any atom is -0.326 e. The van der Waals surface area contributed by atoms with Crippen LogP contribution >= 0.6 is 0 Å². The molecule has 0 bridgehead atoms. The molecular weight excluding hydrogens is 252 g/mol. The number of nitrogens with two attached hydrogens (primary N) is 1. The number of nitrogens with one attached hydrogen (secondary N) is 1. The molecule has 0 aliphatic heterocycles. The molecule has 5 nitrogen and oxygen atoms in total. The molecular formula is C12H16N2O3S. The predicted molar refractivity (Wildman–Crippen MR) is 68.5 cm³/mol. The zero-order valence-electron chi connectivity index (χ0n) is 10.3. The predicted octanol–water partition coefficient (Wildman–Crippen LogP) is 1.24. The zero-order valence-corrected chi connectivity index (χ0v) is 11.1. The number of hydrogen-bond acceptors (Lipinski definition) is 3. The molecule has 1 aliphatic rings. The minimum atomic E-state index is -3.70. The van der Waals surface area contributed by atoms with Gasteiger partial charge in [-0.3, -0.25) is 4.79 Å². The summed E-state index contributed by atoms with van der Waals surface area (Å²) in [6.07, 6.45) is 0.917. The van der Waals surface area contributed by atoms with Gasteiger partial charge in [-0.1, -0.05) is 6.92 Å². The van der Waals surface area contributed by atoms with Crippen molar-refractivity contribution in [2.75, 3.05) is 5.32 Å². The Morgan fingerprint density at radius 2 is 2.06 bits per heavy atom. The second kappa shape index (κ2) is 4.37. The average molecular weight is 268 g/mol. The van der Waals surface area contributed by atoms with Crippen molar-refractivity contribution in [3.05, 3.63) is 23.8 Å². The van der Waals surface area contributed by atoms with Gasteiger partial charge in [0.15, 0.2) is 0 Å². The van der Waals surface area contributed by atoms with Crippen molar-refractivity contribution in [3.8, 4) is 0 Å². The Morgan fingerprint density at radius 3 is 2.50 bits per heavy atom. The molecule has 0 radical (unpaired) electrons. The second-order valence-electron chi connectivity index (χ2n) is 4.83. The number of benzene rings is 1. The quantitative estimate of drug-likeness (QED) is 0.864. The number of amides is 1. The van der Waals surface area contributed by atoms with E-state index in [9.17, 15) is 13.2 Å². The van der Waals surface area contributed by atoms with Crippen molar-refractivity contribution < 1.29 is 13.2 Å². The molecule has 2 rings (SSSR count). The van der Waals surface area contributed by atoms with Crippen LogP contribution in [0.3, 0.4) is 0 Å². The Morgan fingerprint density at radius 1 is 1.44 bits per heavy atom. The van der Waals surface area contributed by atoms with E-state index in [1.54, 1.807) is 19.1 Å². The average Bonchev–Trinajstić information content (AvgIpc) is 2.93. The fourth-order valence-corrected chi connectivity index (χ4v) is 2.73. The summed E-state index contributed by atoms with van der Waals surface area (Å²) in [6, 6.07) is 4.58. The van der Waals surface area contributed by atoms with E-state index in [2.05, 4.69) is 5.32 Å². The Hall–Kier alpha value is -1.40. The number of carbonyl (C=O) groups excluding carboxylic acids is 1. The zero-order chi connectivity index (χ0) is 13.5. The van der Waals surface area contributed by atoms with Crippen LogP contribution in [0, 0.1) is 18.8 Å². The second-order valence-corrected chi connectivity index (χ2v) is 6.36. The third kappa shape index (κ3) is 2.70. The highest BCUT2D eigenvalue weighted by molar-refractivity contribution is 7.89. The van der Waals surface area contributed by atoms with Crippen LogP contribution in [0.15, 0.2) is 23.1 Å². The molecule has 1 aromatic rings. The molecule has 1 aromatic carbocycles. The molecule has 3 N–H and O–H groups in total. The molecule has 1 amide bonds. The van der Waals surface area contributed by atoms with Gasteiger partial charge >= 0.3 is 0 Å². The summed E-state index contributed by atoms with van der Waals surface area (Å²) >= 11 is 0. The van der Waals surface area contributed by atoms with Gasteiger partial charge in [-0.25, -0.2) is 13.6 Å². The normalized spacial score (nSPS) is 22.6. The summed E-state index contributed by atoms with van der Waals surface area (Å²) in [5, 5.41) is 7.85. The molecule has 0 saturated heterocycles. The van der Waals surface area contributed by atoms with E-state index in [1.165, 1.54) is 6.07 Å². The van der Waals surface area contributed by atoms with Crippen molar-refractivity contribution in [1.82, 2.24) is 0 Å². The molecule has 1 aliphatic carbocycles. The standard InChI is InChI=1S/C12H16N2O3S/c1-7-6-10(7)12(15)14-9-3-4-11(8(2)5-9)18(13,16)17/h3-5,7,10H,6H2,1-2H3,(H,14,15)(H2,13,16,17). The maximum Gasteiger partial charge on any atom is 0.238 e. The Kier molecular flexibility index (Phi) is 3.16. The minimum absolute atomic E-state index is 0.00902. The molecule has 18 heavy (non-hydrogen) atoms. The lowest BCUT2D eigenvalue weighted by Gasteiger charge is -2.08. The Balaban J connectivity index is 2.17. The van der Waals surface area contributed by atoms with Crippen molar-refractivity contribution in [2.45, 2.75) is 25.2 Å². The summed E-state index contributed by atoms with van der Waals surface area (Å²) < 4.78 is 22.5. The van der Waals surface area contributed by atoms with Crippen molar-refractivity contribution in [3.63, 3.8) is 0 Å². The fourth-order valence-electron chi connectivity index (χ4n) is 1.97. The van der Waals surface area contributed by atoms with E-state index in [4.69, 9.17) is 5.14 Å². The van der Waals surface area contributed by atoms with E-state index in [-0.39, 0.29) is 16.7 Å². The lowest BCUT2D eigenvalue weighted by molar-refractivity contribution is -0.117. The van der Waals surface area contributed by atoms with Gasteiger partial charge in [-0.05, 0) is 43.0 Å². The molecule has 0 heterocycles. The van der Waals surface area contributed by atoms with Crippen LogP contribution in [0.25, 0.3) is 0 Å². The first-order valence-corrected chi connectivity index (χ1v) is 7.28. The van der Waals surface area contributed by atoms with Crippen LogP contribution < -0.4 is 10.5 Å². The largest absolute Gasteiger partial charge is 0.326 e. The maximum atomic E-state index is 11.7. The lowest BCUT2D eigenvalue weighted by atomic mass is 10.2. The van der Waals surface area contributed by atoms with Crippen LogP contribution in [-0.2, 0) is 14.8 Å². The van der Waals surface area contributed by atoms with Gasteiger partial charge in [0.1, 0.15) is 0 Å². The summed E-state index contributed by atoms with van der Waals surface area (Å²) in [5.41, 5.74) is 1.13. The van der Waals surface area contributed by atoms with Crippen LogP contribution in [0.5, 0.6) is 0 Å². The van der Waals surface area contributed by atoms with Gasteiger partial charge in [-0.15, -0.1) is 0 Å². The summed E-state index contributed by atoms with van der Waals surface area (Å²) in [5.74, 6) is 0.517. The lowest BCUT2D eigenvalue weighted by Crippen LogP contribution is -2.16. The highest BCUT2D eigenvalue weighted by Crippen LogP contribution is 2.38. The van der Waals surface area contributed by atoms with Crippen LogP contribution in [0.4, 0.5) is 5.69 Å². The third-order valence-electron chi connectivity index (χ3n) is 3.20. The fraction of sp³-hybridized carbons (Fsp3) is 0.417. The number of carbonyl (C=O) groups is 1. The molecule has 0 aromatic heterocycles. The van der Waals surface area contributed by atoms with Crippen molar-refractivity contribution >= 4 is 21.6 Å². The van der Waals surface area contributed by atoms with Gasteiger partial charge in [0.25, 0.3) is 0 Å². The van der Waals surface area contributed by atoms with Crippen molar-refractivity contribution in [1.29, 1.82) is 0 Å². The Labute approximate surface area is 106 Å². The topological polar surface area (TPSA) is 89.3 Å². The highest BCUT2D eigenvalue weighted by Gasteiger charge is 2.39. The van der Waals surface area contributed by atoms with Crippen LogP contribution in [-0.4, -0.2) is 14.3 Å². The monoisotopic (exact) mass is 268 g/mol. The molecule has 0 spiro atoms. The maximum absolute atomic E-state index is 11.7. The number of sulfonamides is 1. The van der Waals surface area contributed by atoms with Gasteiger partial charge in [0.05, 0.1) is 4.90 Å². The van der Waals surface area contributed by atoms with Crippen molar-refractivity contribution in [2.24, 2.45) is 17.0 Å². The van der Waals surface area contributed by atoms with Gasteiger partial charge < -0.3 is 5.32 Å². The SMILES string of the molecule is Cc1cc(NC(=O)C2CC2C)ccc1S(N)(=O)=O. The first-order valence-electron chi connectivity index (χ1n) is 5.73. The third-order valence-corrected chi connectivity index (χ3v) is 4.27. The number of anilines is 1. The molecule has 2 atom stereocenters. The van der Waals surface area contributed by atoms with Crippen LogP contribution in [0.1, 0.15) is 18.9 Å². The molecule has 1 fully saturated rings. The molecule has 98 valence electrons. The Bertz CT molecular complexity index is 595. The van der Waals surface area contributed by atoms with Gasteiger partial charge in [-0.2, -0.15) is 0 Å². The van der Waals surface area contributed by atoms with E-state index < -0.39 is 10.0 Å². The van der Waals surface area contributed by atoms with Crippen LogP contribution in [0.2, 0.25) is 0 Å². The van der Waals surface area contributed by atoms with E-state index >= 15 is 0 Å². The number of aryl methyl sites for hydroxylation is 1. The highest BCUT2D eigenvalue weighted by atomic mass is 32.2. The summed E-state index contributed by atoms with van der Waals surface area (Å²) in [7, 11) is -3.70. The number of rotatable bonds is 3. The van der Waals surface area contributed by atoms with Gasteiger partial charge in [0.2, 0.25) is 15.9 Å². The van der Waals surface area contributed by atoms with E-state index in [1.807, 2.05) is 6.92 Å². The van der Waals surface area contributed by atoms with E-state index in [0.717, 1.165) is 6.42 Å². The van der Waals surface area contributed by atoms with Gasteiger partial charge in [0, 0.05) is 11.6 Å².